The van der Waals surface area contributed by atoms with Gasteiger partial charge in [-0.05, 0) is 95.4 Å². The molecule has 3 fully saturated rings. The van der Waals surface area contributed by atoms with Crippen molar-refractivity contribution in [1.29, 1.82) is 0 Å². The molecule has 2 saturated carbocycles. The smallest absolute Gasteiger partial charge is 0.237 e. The molecule has 0 spiro atoms. The van der Waals surface area contributed by atoms with Gasteiger partial charge in [0.15, 0.2) is 11.6 Å². The van der Waals surface area contributed by atoms with E-state index in [0.29, 0.717) is 17.5 Å². The molecule has 5 heterocycles. The van der Waals surface area contributed by atoms with Gasteiger partial charge in [-0.1, -0.05) is 12.1 Å². The number of hydrogen-bond acceptors (Lipinski definition) is 6. The van der Waals surface area contributed by atoms with Crippen LogP contribution in [0.1, 0.15) is 71.4 Å². The third-order valence-electron chi connectivity index (χ3n) is 10.7. The number of carbonyl (C=O) groups excluding carboxylic acids is 1. The third kappa shape index (κ3) is 4.34. The van der Waals surface area contributed by atoms with Gasteiger partial charge in [-0.25, -0.2) is 14.4 Å². The van der Waals surface area contributed by atoms with Crippen LogP contribution in [0, 0.1) is 17.7 Å². The number of hydrogen-bond donors (Lipinski definition) is 1. The summed E-state index contributed by atoms with van der Waals surface area (Å²) >= 11 is 0. The maximum Gasteiger partial charge on any atom is 0.237 e. The number of rotatable bonds is 6. The highest BCUT2D eigenvalue weighted by Crippen LogP contribution is 2.49. The molecule has 1 N–H and O–H groups in total. The van der Waals surface area contributed by atoms with E-state index in [4.69, 9.17) is 9.97 Å². The molecule has 4 aromatic rings. The molecule has 2 aliphatic heterocycles. The lowest BCUT2D eigenvalue weighted by Gasteiger charge is -2.49. The summed E-state index contributed by atoms with van der Waals surface area (Å²) in [5.41, 5.74) is 4.98. The van der Waals surface area contributed by atoms with Gasteiger partial charge in [0.1, 0.15) is 5.52 Å². The first-order valence-corrected chi connectivity index (χ1v) is 16.1. The van der Waals surface area contributed by atoms with Gasteiger partial charge < -0.3 is 14.8 Å². The summed E-state index contributed by atoms with van der Waals surface area (Å²) < 4.78 is 16.7. The fourth-order valence-corrected chi connectivity index (χ4v) is 8.21. The highest BCUT2D eigenvalue weighted by molar-refractivity contribution is 6.08. The van der Waals surface area contributed by atoms with Crippen molar-refractivity contribution >= 4 is 34.1 Å². The Balaban J connectivity index is 1.14. The minimum Gasteiger partial charge on any atom is -0.336 e. The second-order valence-corrected chi connectivity index (χ2v) is 14.3. The van der Waals surface area contributed by atoms with E-state index in [2.05, 4.69) is 52.1 Å². The summed E-state index contributed by atoms with van der Waals surface area (Å²) in [6.07, 6.45) is 10.8. The minimum absolute atomic E-state index is 0.142. The lowest BCUT2D eigenvalue weighted by molar-refractivity contribution is -0.123. The van der Waals surface area contributed by atoms with Gasteiger partial charge in [0.25, 0.3) is 0 Å². The molecule has 4 aliphatic rings. The van der Waals surface area contributed by atoms with Gasteiger partial charge in [-0.2, -0.15) is 0 Å². The van der Waals surface area contributed by atoms with Crippen LogP contribution in [0.4, 0.5) is 21.6 Å². The molecular formula is C35H40FN7O. The molecule has 9 heteroatoms. The van der Waals surface area contributed by atoms with Gasteiger partial charge in [-0.3, -0.25) is 14.7 Å². The first-order valence-electron chi connectivity index (χ1n) is 16.1. The molecule has 1 aromatic carbocycles. The van der Waals surface area contributed by atoms with E-state index in [1.54, 1.807) is 18.6 Å². The zero-order chi connectivity index (χ0) is 30.3. The van der Waals surface area contributed by atoms with Gasteiger partial charge in [0.05, 0.1) is 34.8 Å². The zero-order valence-corrected chi connectivity index (χ0v) is 25.9. The number of amides is 1. The van der Waals surface area contributed by atoms with Gasteiger partial charge in [0.2, 0.25) is 5.91 Å². The Labute approximate surface area is 257 Å². The first-order chi connectivity index (χ1) is 21.2. The van der Waals surface area contributed by atoms with E-state index in [9.17, 15) is 9.18 Å². The van der Waals surface area contributed by atoms with Crippen LogP contribution in [0.15, 0.2) is 49.1 Å². The van der Waals surface area contributed by atoms with E-state index in [-0.39, 0.29) is 18.0 Å². The normalized spacial score (nSPS) is 26.0. The number of nitrogens with one attached hydrogen (secondary N) is 1. The number of nitrogens with zero attached hydrogens (tertiary/aromatic N) is 6. The minimum atomic E-state index is -0.581. The Morgan fingerprint density at radius 1 is 1.02 bits per heavy atom. The van der Waals surface area contributed by atoms with Crippen molar-refractivity contribution in [2.24, 2.45) is 11.8 Å². The molecule has 0 radical (unpaired) electrons. The molecule has 2 atom stereocenters. The molecule has 2 unspecified atom stereocenters. The van der Waals surface area contributed by atoms with Crippen molar-refractivity contribution in [1.82, 2.24) is 24.4 Å². The van der Waals surface area contributed by atoms with Crippen LogP contribution in [0.3, 0.4) is 0 Å². The zero-order valence-electron chi connectivity index (χ0n) is 25.9. The maximum absolute atomic E-state index is 14.7. The van der Waals surface area contributed by atoms with Gasteiger partial charge in [-0.15, -0.1) is 0 Å². The van der Waals surface area contributed by atoms with Crippen molar-refractivity contribution in [3.63, 3.8) is 0 Å². The van der Waals surface area contributed by atoms with Crippen LogP contribution >= 0.6 is 0 Å². The quantitative estimate of drug-likeness (QED) is 0.264. The van der Waals surface area contributed by atoms with Crippen molar-refractivity contribution in [3.05, 3.63) is 60.4 Å². The number of pyridine rings is 2. The first kappa shape index (κ1) is 27.7. The van der Waals surface area contributed by atoms with Crippen LogP contribution < -0.4 is 10.2 Å². The average molecular weight is 594 g/mol. The fraction of sp³-hybridized carbons (Fsp3) is 0.486. The van der Waals surface area contributed by atoms with Gasteiger partial charge in [0, 0.05) is 48.7 Å². The number of anilines is 3. The topological polar surface area (TPSA) is 79.2 Å². The molecule has 1 amide bonds. The summed E-state index contributed by atoms with van der Waals surface area (Å²) in [6, 6.07) is 10.8. The van der Waals surface area contributed by atoms with Crippen LogP contribution in [0.2, 0.25) is 0 Å². The van der Waals surface area contributed by atoms with Gasteiger partial charge >= 0.3 is 0 Å². The van der Waals surface area contributed by atoms with Crippen molar-refractivity contribution < 1.29 is 9.18 Å². The molecular weight excluding hydrogens is 553 g/mol. The molecule has 2 aliphatic carbocycles. The second kappa shape index (κ2) is 10.1. The Kier molecular flexibility index (Phi) is 6.35. The predicted molar refractivity (Wildman–Crippen MR) is 171 cm³/mol. The van der Waals surface area contributed by atoms with Crippen LogP contribution in [0.25, 0.3) is 22.3 Å². The van der Waals surface area contributed by atoms with E-state index < -0.39 is 11.2 Å². The fourth-order valence-electron chi connectivity index (χ4n) is 8.21. The Hall–Kier alpha value is -3.85. The number of imidazole rings is 1. The second-order valence-electron chi connectivity index (χ2n) is 14.3. The summed E-state index contributed by atoms with van der Waals surface area (Å²) in [5.74, 6) is 2.00. The summed E-state index contributed by atoms with van der Waals surface area (Å²) in [6.45, 7) is 10.7. The highest BCUT2D eigenvalue weighted by atomic mass is 19.1. The number of piperidine rings is 1. The maximum atomic E-state index is 14.7. The number of carbonyl (C=O) groups is 1. The van der Waals surface area contributed by atoms with E-state index >= 15 is 0 Å². The highest BCUT2D eigenvalue weighted by Gasteiger charge is 2.51. The third-order valence-corrected chi connectivity index (χ3v) is 10.7. The summed E-state index contributed by atoms with van der Waals surface area (Å²) in [5, 5.41) is 3.21. The lowest BCUT2D eigenvalue weighted by atomic mass is 9.81. The number of aromatic nitrogens is 4. The predicted octanol–water partition coefficient (Wildman–Crippen LogP) is 6.84. The monoisotopic (exact) mass is 593 g/mol. The van der Waals surface area contributed by atoms with Crippen LogP contribution in [-0.2, 0) is 10.2 Å². The van der Waals surface area contributed by atoms with Crippen LogP contribution in [-0.4, -0.2) is 55.5 Å². The van der Waals surface area contributed by atoms with Crippen LogP contribution in [0.5, 0.6) is 0 Å². The van der Waals surface area contributed by atoms with Crippen molar-refractivity contribution in [2.45, 2.75) is 83.3 Å². The standard InChI is InChI=1S/C35H40FN7O/c1-20(2)42-19-38-30-15-29(40-33(32(30)42)39-28-9-10-37-16-27(28)36)23-7-8-26-31(12-23)43(34(44)35(26,3)4)25-13-24(14-25)41-17-21-5-6-22(11-21)18-41/h7-10,12,15-16,19-22,24-25H,5-6,11,13-14,17-18H2,1-4H3,(H,37,39,40)/t21?,22?,24-,25+. The largest absolute Gasteiger partial charge is 0.336 e. The SMILES string of the molecule is CC(C)n1cnc2cc(-c3ccc4c(c3)N([C@H]3C[C@@H](N5CC6CCC(C6)C5)C3)C(=O)C4(C)C)nc(Nc3ccncc3F)c21. The molecule has 8 rings (SSSR count). The number of fused-ring (bicyclic) bond motifs is 4. The van der Waals surface area contributed by atoms with Crippen molar-refractivity contribution in [2.75, 3.05) is 23.3 Å². The van der Waals surface area contributed by atoms with E-state index in [1.165, 1.54) is 38.5 Å². The Bertz CT molecular complexity index is 1760. The Morgan fingerprint density at radius 3 is 2.52 bits per heavy atom. The molecule has 3 aromatic heterocycles. The lowest BCUT2D eigenvalue weighted by Crippen LogP contribution is -2.58. The molecule has 2 bridgehead atoms. The molecule has 1 saturated heterocycles. The molecule has 8 nitrogen and oxygen atoms in total. The summed E-state index contributed by atoms with van der Waals surface area (Å²) in [4.78, 5) is 32.4. The van der Waals surface area contributed by atoms with E-state index in [1.807, 2.05) is 24.5 Å². The molecule has 44 heavy (non-hydrogen) atoms. The van der Waals surface area contributed by atoms with E-state index in [0.717, 1.165) is 58.2 Å². The summed E-state index contributed by atoms with van der Waals surface area (Å²) in [7, 11) is 0. The molecule has 228 valence electrons. The number of benzene rings is 1. The number of halogens is 1. The van der Waals surface area contributed by atoms with Crippen molar-refractivity contribution in [3.8, 4) is 11.3 Å². The number of likely N-dealkylation sites (tertiary alicyclic amines) is 1. The average Bonchev–Trinajstić information content (AvgIpc) is 3.62. The Morgan fingerprint density at radius 2 is 1.80 bits per heavy atom.